The molecule has 1 aromatic heterocycles. The minimum atomic E-state index is -0.333. The number of likely N-dealkylation sites (N-methyl/N-ethyl adjacent to an activating group) is 1. The number of aromatic nitrogens is 1. The molecule has 1 aliphatic rings. The number of anilines is 2. The third-order valence-corrected chi connectivity index (χ3v) is 9.16. The predicted octanol–water partition coefficient (Wildman–Crippen LogP) is 5.79. The second kappa shape index (κ2) is 12.8. The summed E-state index contributed by atoms with van der Waals surface area (Å²) >= 11 is 2.86. The molecule has 212 valence electrons. The van der Waals surface area contributed by atoms with Crippen molar-refractivity contribution in [3.63, 3.8) is 0 Å². The highest BCUT2D eigenvalue weighted by molar-refractivity contribution is 8.01. The molecule has 10 heteroatoms. The first kappa shape index (κ1) is 28.8. The van der Waals surface area contributed by atoms with Gasteiger partial charge >= 0.3 is 0 Å². The van der Waals surface area contributed by atoms with E-state index < -0.39 is 0 Å². The lowest BCUT2D eigenvalue weighted by Crippen LogP contribution is -2.47. The summed E-state index contributed by atoms with van der Waals surface area (Å²) < 4.78 is 1.68. The number of carbonyl (C=O) groups excluding carboxylic acids is 3. The Balaban J connectivity index is 1.23. The summed E-state index contributed by atoms with van der Waals surface area (Å²) in [5.74, 6) is 0.0118. The molecule has 41 heavy (non-hydrogen) atoms. The number of hydrogen-bond donors (Lipinski definition) is 2. The van der Waals surface area contributed by atoms with Crippen LogP contribution in [0.15, 0.2) is 71.1 Å². The van der Waals surface area contributed by atoms with Crippen molar-refractivity contribution < 1.29 is 14.4 Å². The van der Waals surface area contributed by atoms with Crippen LogP contribution in [-0.2, 0) is 4.79 Å². The van der Waals surface area contributed by atoms with Gasteiger partial charge in [0.15, 0.2) is 4.34 Å². The molecule has 0 spiro atoms. The Morgan fingerprint density at radius 3 is 2.39 bits per heavy atom. The average molecular weight is 588 g/mol. The lowest BCUT2D eigenvalue weighted by atomic mass is 10.0. The summed E-state index contributed by atoms with van der Waals surface area (Å²) in [4.78, 5) is 47.7. The highest BCUT2D eigenvalue weighted by atomic mass is 32.2. The molecule has 0 radical (unpaired) electrons. The van der Waals surface area contributed by atoms with Gasteiger partial charge in [-0.1, -0.05) is 55.9 Å². The minimum absolute atomic E-state index is 0.0832. The molecule has 3 aromatic carbocycles. The van der Waals surface area contributed by atoms with Gasteiger partial charge in [-0.2, -0.15) is 0 Å². The zero-order chi connectivity index (χ0) is 28.9. The zero-order valence-electron chi connectivity index (χ0n) is 23.3. The smallest absolute Gasteiger partial charge is 0.256 e. The Bertz CT molecular complexity index is 1580. The van der Waals surface area contributed by atoms with Gasteiger partial charge in [0.05, 0.1) is 27.1 Å². The summed E-state index contributed by atoms with van der Waals surface area (Å²) in [6.45, 7) is 7.11. The zero-order valence-corrected chi connectivity index (χ0v) is 25.0. The number of hydrogen-bond acceptors (Lipinski definition) is 7. The second-order valence-electron chi connectivity index (χ2n) is 10.3. The minimum Gasteiger partial charge on any atom is -0.336 e. The molecule has 0 aliphatic carbocycles. The van der Waals surface area contributed by atoms with Crippen LogP contribution < -0.4 is 10.6 Å². The molecule has 1 saturated heterocycles. The van der Waals surface area contributed by atoms with E-state index in [2.05, 4.69) is 34.4 Å². The maximum absolute atomic E-state index is 13.3. The van der Waals surface area contributed by atoms with Crippen LogP contribution in [0.5, 0.6) is 0 Å². The first-order valence-electron chi connectivity index (χ1n) is 13.6. The van der Waals surface area contributed by atoms with Gasteiger partial charge in [0.2, 0.25) is 5.91 Å². The van der Waals surface area contributed by atoms with Crippen molar-refractivity contribution >= 4 is 62.4 Å². The fourth-order valence-corrected chi connectivity index (χ4v) is 6.62. The lowest BCUT2D eigenvalue weighted by molar-refractivity contribution is -0.113. The van der Waals surface area contributed by atoms with Gasteiger partial charge in [0.1, 0.15) is 0 Å². The third kappa shape index (κ3) is 6.95. The molecule has 2 N–H and O–H groups in total. The van der Waals surface area contributed by atoms with Crippen LogP contribution in [0.25, 0.3) is 10.2 Å². The number of piperazine rings is 1. The van der Waals surface area contributed by atoms with E-state index >= 15 is 0 Å². The summed E-state index contributed by atoms with van der Waals surface area (Å²) in [6.07, 6.45) is 0. The fourth-order valence-electron chi connectivity index (χ4n) is 4.72. The van der Waals surface area contributed by atoms with Gasteiger partial charge in [-0.05, 0) is 54.9 Å². The van der Waals surface area contributed by atoms with E-state index in [1.165, 1.54) is 23.1 Å². The van der Waals surface area contributed by atoms with Gasteiger partial charge in [-0.25, -0.2) is 4.98 Å². The largest absolute Gasteiger partial charge is 0.336 e. The number of benzene rings is 3. The van der Waals surface area contributed by atoms with E-state index in [1.54, 1.807) is 35.2 Å². The summed E-state index contributed by atoms with van der Waals surface area (Å²) in [5.41, 5.74) is 4.11. The van der Waals surface area contributed by atoms with Crippen molar-refractivity contribution in [1.82, 2.24) is 14.8 Å². The first-order valence-corrected chi connectivity index (χ1v) is 15.4. The SMILES string of the molecule is CC(C)c1ccccc1NC(=O)CSc1nc2ccc(NC(=O)c3ccccc3C(=O)N3CCN(C)CC3)cc2s1. The summed E-state index contributed by atoms with van der Waals surface area (Å²) in [5, 5.41) is 5.96. The molecular formula is C31H33N5O3S2. The predicted molar refractivity (Wildman–Crippen MR) is 167 cm³/mol. The molecule has 0 bridgehead atoms. The number of amides is 3. The third-order valence-electron chi connectivity index (χ3n) is 7.00. The van der Waals surface area contributed by atoms with Crippen LogP contribution in [-0.4, -0.2) is 71.5 Å². The number of para-hydroxylation sites is 1. The molecule has 0 saturated carbocycles. The monoisotopic (exact) mass is 587 g/mol. The number of rotatable bonds is 8. The van der Waals surface area contributed by atoms with Crippen molar-refractivity contribution in [3.8, 4) is 0 Å². The Hall–Kier alpha value is -3.73. The van der Waals surface area contributed by atoms with Crippen molar-refractivity contribution in [2.45, 2.75) is 24.1 Å². The van der Waals surface area contributed by atoms with Crippen molar-refractivity contribution in [1.29, 1.82) is 0 Å². The van der Waals surface area contributed by atoms with Gasteiger partial charge < -0.3 is 20.4 Å². The first-order chi connectivity index (χ1) is 19.8. The fraction of sp³-hybridized carbons (Fsp3) is 0.290. The molecule has 2 heterocycles. The van der Waals surface area contributed by atoms with Crippen LogP contribution in [0, 0.1) is 0 Å². The summed E-state index contributed by atoms with van der Waals surface area (Å²) in [6, 6.07) is 20.3. The second-order valence-corrected chi connectivity index (χ2v) is 12.6. The highest BCUT2D eigenvalue weighted by Crippen LogP contribution is 2.32. The summed E-state index contributed by atoms with van der Waals surface area (Å²) in [7, 11) is 2.04. The Morgan fingerprint density at radius 1 is 0.927 bits per heavy atom. The van der Waals surface area contributed by atoms with Crippen molar-refractivity contribution in [3.05, 3.63) is 83.4 Å². The van der Waals surface area contributed by atoms with Crippen LogP contribution >= 0.6 is 23.1 Å². The van der Waals surface area contributed by atoms with E-state index in [-0.39, 0.29) is 23.5 Å². The van der Waals surface area contributed by atoms with E-state index in [1.807, 2.05) is 43.4 Å². The molecule has 8 nitrogen and oxygen atoms in total. The van der Waals surface area contributed by atoms with E-state index in [0.29, 0.717) is 35.8 Å². The lowest BCUT2D eigenvalue weighted by Gasteiger charge is -2.32. The quantitative estimate of drug-likeness (QED) is 0.254. The van der Waals surface area contributed by atoms with E-state index in [0.717, 1.165) is 38.9 Å². The number of nitrogens with zero attached hydrogens (tertiary/aromatic N) is 3. The van der Waals surface area contributed by atoms with Crippen LogP contribution in [0.2, 0.25) is 0 Å². The van der Waals surface area contributed by atoms with E-state index in [9.17, 15) is 14.4 Å². The Labute approximate surface area is 248 Å². The molecule has 0 unspecified atom stereocenters. The maximum atomic E-state index is 13.3. The maximum Gasteiger partial charge on any atom is 0.256 e. The number of carbonyl (C=O) groups is 3. The highest BCUT2D eigenvalue weighted by Gasteiger charge is 2.24. The molecule has 0 atom stereocenters. The van der Waals surface area contributed by atoms with Gasteiger partial charge in [-0.15, -0.1) is 11.3 Å². The van der Waals surface area contributed by atoms with Crippen LogP contribution in [0.3, 0.4) is 0 Å². The topological polar surface area (TPSA) is 94.6 Å². The normalized spacial score (nSPS) is 13.9. The van der Waals surface area contributed by atoms with E-state index in [4.69, 9.17) is 0 Å². The number of fused-ring (bicyclic) bond motifs is 1. The molecule has 1 aliphatic heterocycles. The van der Waals surface area contributed by atoms with Gasteiger partial charge in [0, 0.05) is 37.6 Å². The Morgan fingerprint density at radius 2 is 1.63 bits per heavy atom. The number of nitrogens with one attached hydrogen (secondary N) is 2. The van der Waals surface area contributed by atoms with Crippen LogP contribution in [0.4, 0.5) is 11.4 Å². The number of thiazole rings is 1. The Kier molecular flexibility index (Phi) is 9.02. The van der Waals surface area contributed by atoms with Crippen LogP contribution in [0.1, 0.15) is 46.0 Å². The molecule has 5 rings (SSSR count). The molecule has 4 aromatic rings. The van der Waals surface area contributed by atoms with Crippen molar-refractivity contribution in [2.75, 3.05) is 49.6 Å². The van der Waals surface area contributed by atoms with Gasteiger partial charge in [-0.3, -0.25) is 14.4 Å². The average Bonchev–Trinajstić information content (AvgIpc) is 3.38. The molecular weight excluding hydrogens is 555 g/mol. The van der Waals surface area contributed by atoms with Gasteiger partial charge in [0.25, 0.3) is 11.8 Å². The molecule has 1 fully saturated rings. The standard InChI is InChI=1S/C31H33N5O3S2/c1-20(2)22-8-6-7-11-25(22)33-28(37)19-40-31-34-26-13-12-21(18-27(26)41-31)32-29(38)23-9-4-5-10-24(23)30(39)36-16-14-35(3)15-17-36/h4-13,18,20H,14-17,19H2,1-3H3,(H,32,38)(H,33,37). The molecule has 3 amide bonds. The number of thioether (sulfide) groups is 1. The van der Waals surface area contributed by atoms with Crippen molar-refractivity contribution in [2.24, 2.45) is 0 Å².